The predicted molar refractivity (Wildman–Crippen MR) is 71.4 cm³/mol. The average Bonchev–Trinajstić information content (AvgIpc) is 2.47. The number of para-hydroxylation sites is 1. The van der Waals surface area contributed by atoms with Crippen LogP contribution in [0.4, 0.5) is 11.6 Å². The number of benzene rings is 1. The number of nitro groups is 1. The van der Waals surface area contributed by atoms with Gasteiger partial charge in [-0.25, -0.2) is 5.84 Å². The summed E-state index contributed by atoms with van der Waals surface area (Å²) >= 11 is 1.02. The fourth-order valence-corrected chi connectivity index (χ4v) is 2.18. The summed E-state index contributed by atoms with van der Waals surface area (Å²) in [6.45, 7) is 0. The molecule has 9 nitrogen and oxygen atoms in total. The second-order valence-electron chi connectivity index (χ2n) is 3.40. The van der Waals surface area contributed by atoms with Crippen LogP contribution in [0.3, 0.4) is 0 Å². The van der Waals surface area contributed by atoms with Gasteiger partial charge in [-0.1, -0.05) is 12.1 Å². The summed E-state index contributed by atoms with van der Waals surface area (Å²) in [6, 6.07) is 6.35. The van der Waals surface area contributed by atoms with Crippen LogP contribution in [0, 0.1) is 10.1 Å². The number of nitrogens with zero attached hydrogens (tertiary/aromatic N) is 4. The Morgan fingerprint density at radius 2 is 2.10 bits per heavy atom. The maximum Gasteiger partial charge on any atom is 0.322 e. The van der Waals surface area contributed by atoms with Gasteiger partial charge in [-0.3, -0.25) is 15.5 Å². The lowest BCUT2D eigenvalue weighted by molar-refractivity contribution is -0.387. The van der Waals surface area contributed by atoms with Crippen LogP contribution in [-0.4, -0.2) is 27.0 Å². The van der Waals surface area contributed by atoms with E-state index in [1.165, 1.54) is 13.2 Å². The van der Waals surface area contributed by atoms with Crippen LogP contribution in [-0.2, 0) is 0 Å². The van der Waals surface area contributed by atoms with Crippen molar-refractivity contribution in [3.8, 4) is 6.01 Å². The van der Waals surface area contributed by atoms with Gasteiger partial charge < -0.3 is 4.74 Å². The quantitative estimate of drug-likeness (QED) is 0.475. The van der Waals surface area contributed by atoms with Crippen LogP contribution in [0.25, 0.3) is 0 Å². The molecule has 1 heterocycles. The Kier molecular flexibility index (Phi) is 4.27. The van der Waals surface area contributed by atoms with Crippen LogP contribution in [0.2, 0.25) is 0 Å². The zero-order valence-corrected chi connectivity index (χ0v) is 11.1. The smallest absolute Gasteiger partial charge is 0.322 e. The summed E-state index contributed by atoms with van der Waals surface area (Å²) in [5.41, 5.74) is 2.25. The highest BCUT2D eigenvalue weighted by molar-refractivity contribution is 7.99. The number of methoxy groups -OCH3 is 1. The van der Waals surface area contributed by atoms with E-state index in [0.717, 1.165) is 11.8 Å². The number of rotatable bonds is 5. The molecule has 0 fully saturated rings. The van der Waals surface area contributed by atoms with Crippen molar-refractivity contribution in [1.82, 2.24) is 15.0 Å². The molecule has 104 valence electrons. The first-order valence-electron chi connectivity index (χ1n) is 5.32. The van der Waals surface area contributed by atoms with E-state index in [1.807, 2.05) is 0 Å². The van der Waals surface area contributed by atoms with E-state index >= 15 is 0 Å². The molecule has 0 atom stereocenters. The molecule has 20 heavy (non-hydrogen) atoms. The van der Waals surface area contributed by atoms with Gasteiger partial charge in [0.25, 0.3) is 5.69 Å². The Labute approximate surface area is 117 Å². The van der Waals surface area contributed by atoms with E-state index in [4.69, 9.17) is 10.6 Å². The van der Waals surface area contributed by atoms with Crippen LogP contribution in [0.1, 0.15) is 0 Å². The van der Waals surface area contributed by atoms with E-state index in [9.17, 15) is 10.1 Å². The van der Waals surface area contributed by atoms with E-state index < -0.39 is 4.92 Å². The van der Waals surface area contributed by atoms with Gasteiger partial charge in [0.2, 0.25) is 11.1 Å². The molecule has 10 heteroatoms. The molecule has 3 N–H and O–H groups in total. The highest BCUT2D eigenvalue weighted by atomic mass is 32.2. The largest absolute Gasteiger partial charge is 0.467 e. The second-order valence-corrected chi connectivity index (χ2v) is 4.41. The summed E-state index contributed by atoms with van der Waals surface area (Å²) in [6.07, 6.45) is 0. The highest BCUT2D eigenvalue weighted by Gasteiger charge is 2.16. The molecule has 0 amide bonds. The Hall–Kier alpha value is -2.46. The molecule has 0 aliphatic carbocycles. The van der Waals surface area contributed by atoms with Crippen LogP contribution in [0.5, 0.6) is 6.01 Å². The van der Waals surface area contributed by atoms with Gasteiger partial charge >= 0.3 is 6.01 Å². The van der Waals surface area contributed by atoms with Gasteiger partial charge in [0.1, 0.15) is 0 Å². The minimum Gasteiger partial charge on any atom is -0.467 e. The lowest BCUT2D eigenvalue weighted by atomic mass is 10.3. The zero-order valence-electron chi connectivity index (χ0n) is 10.3. The molecule has 0 bridgehead atoms. The molecule has 1 aromatic carbocycles. The van der Waals surface area contributed by atoms with Crippen molar-refractivity contribution in [2.75, 3.05) is 12.5 Å². The second kappa shape index (κ2) is 6.12. The number of nitro benzene ring substituents is 1. The predicted octanol–water partition coefficient (Wildman–Crippen LogP) is 1.23. The molecule has 2 rings (SSSR count). The average molecular weight is 294 g/mol. The SMILES string of the molecule is COc1nc(NN)nc(Sc2ccccc2[N+](=O)[O-])n1. The van der Waals surface area contributed by atoms with Crippen LogP contribution < -0.4 is 16.0 Å². The standard InChI is InChI=1S/C10H10N6O3S/c1-19-9-12-8(15-11)13-10(14-9)20-7-5-3-2-4-6(7)16(17)18/h2-5H,11H2,1H3,(H,12,13,14,15). The molecule has 0 saturated heterocycles. The first-order valence-corrected chi connectivity index (χ1v) is 6.13. The summed E-state index contributed by atoms with van der Waals surface area (Å²) in [5, 5.41) is 11.2. The monoisotopic (exact) mass is 294 g/mol. The number of nitrogen functional groups attached to an aromatic ring is 1. The molecule has 0 aliphatic rings. The molecule has 1 aromatic heterocycles. The molecular weight excluding hydrogens is 284 g/mol. The van der Waals surface area contributed by atoms with Gasteiger partial charge in [0.05, 0.1) is 16.9 Å². The van der Waals surface area contributed by atoms with Gasteiger partial charge in [0.15, 0.2) is 0 Å². The maximum atomic E-state index is 10.9. The Balaban J connectivity index is 2.37. The van der Waals surface area contributed by atoms with Crippen molar-refractivity contribution < 1.29 is 9.66 Å². The van der Waals surface area contributed by atoms with Crippen LogP contribution >= 0.6 is 11.8 Å². The van der Waals surface area contributed by atoms with Crippen molar-refractivity contribution >= 4 is 23.4 Å². The van der Waals surface area contributed by atoms with E-state index in [2.05, 4.69) is 20.4 Å². The van der Waals surface area contributed by atoms with Gasteiger partial charge in [-0.2, -0.15) is 15.0 Å². The van der Waals surface area contributed by atoms with E-state index in [0.29, 0.717) is 4.90 Å². The number of ether oxygens (including phenoxy) is 1. The number of nitrogens with one attached hydrogen (secondary N) is 1. The van der Waals surface area contributed by atoms with Crippen molar-refractivity contribution in [2.24, 2.45) is 5.84 Å². The van der Waals surface area contributed by atoms with Gasteiger partial charge in [-0.05, 0) is 17.8 Å². The number of hydrogen-bond donors (Lipinski definition) is 2. The van der Waals surface area contributed by atoms with Crippen molar-refractivity contribution in [3.63, 3.8) is 0 Å². The summed E-state index contributed by atoms with van der Waals surface area (Å²) in [5.74, 6) is 5.35. The van der Waals surface area contributed by atoms with Crippen molar-refractivity contribution in [3.05, 3.63) is 34.4 Å². The van der Waals surface area contributed by atoms with Crippen molar-refractivity contribution in [2.45, 2.75) is 10.1 Å². The summed E-state index contributed by atoms with van der Waals surface area (Å²) in [7, 11) is 1.40. The molecule has 0 saturated carbocycles. The Morgan fingerprint density at radius 3 is 2.75 bits per heavy atom. The summed E-state index contributed by atoms with van der Waals surface area (Å²) in [4.78, 5) is 22.7. The van der Waals surface area contributed by atoms with Gasteiger partial charge in [0, 0.05) is 6.07 Å². The fourth-order valence-electron chi connectivity index (χ4n) is 1.33. The Bertz CT molecular complexity index is 616. The third-order valence-electron chi connectivity index (χ3n) is 2.17. The lowest BCUT2D eigenvalue weighted by Crippen LogP contribution is -2.12. The number of aromatic nitrogens is 3. The first kappa shape index (κ1) is 14.0. The third kappa shape index (κ3) is 3.10. The van der Waals surface area contributed by atoms with E-state index in [1.54, 1.807) is 18.2 Å². The first-order chi connectivity index (χ1) is 9.63. The number of hydrazine groups is 1. The molecular formula is C10H10N6O3S. The minimum atomic E-state index is -0.469. The van der Waals surface area contributed by atoms with Crippen LogP contribution in [0.15, 0.2) is 34.3 Å². The molecule has 0 spiro atoms. The zero-order chi connectivity index (χ0) is 14.5. The third-order valence-corrected chi connectivity index (χ3v) is 3.10. The van der Waals surface area contributed by atoms with E-state index in [-0.39, 0.29) is 22.8 Å². The molecule has 0 radical (unpaired) electrons. The molecule has 2 aromatic rings. The van der Waals surface area contributed by atoms with Crippen molar-refractivity contribution in [1.29, 1.82) is 0 Å². The maximum absolute atomic E-state index is 10.9. The Morgan fingerprint density at radius 1 is 1.35 bits per heavy atom. The fraction of sp³-hybridized carbons (Fsp3) is 0.100. The number of nitrogens with two attached hydrogens (primary N) is 1. The highest BCUT2D eigenvalue weighted by Crippen LogP contribution is 2.33. The normalized spacial score (nSPS) is 10.1. The summed E-state index contributed by atoms with van der Waals surface area (Å²) < 4.78 is 4.91. The topological polar surface area (TPSA) is 129 Å². The number of anilines is 1. The number of hydrogen-bond acceptors (Lipinski definition) is 9. The lowest BCUT2D eigenvalue weighted by Gasteiger charge is -2.05. The van der Waals surface area contributed by atoms with Gasteiger partial charge in [-0.15, -0.1) is 0 Å². The molecule has 0 unspecified atom stereocenters. The molecule has 0 aliphatic heterocycles. The minimum absolute atomic E-state index is 0.0286.